The molecule has 2 fully saturated rings. The van der Waals surface area contributed by atoms with Gasteiger partial charge < -0.3 is 15.0 Å². The summed E-state index contributed by atoms with van der Waals surface area (Å²) in [5.41, 5.74) is 0.557. The third kappa shape index (κ3) is 3.77. The first-order valence-electron chi connectivity index (χ1n) is 8.48. The zero-order valence-electron chi connectivity index (χ0n) is 14.0. The lowest BCUT2D eigenvalue weighted by molar-refractivity contribution is 0.151. The van der Waals surface area contributed by atoms with Crippen molar-refractivity contribution in [3.05, 3.63) is 30.1 Å². The Labute approximate surface area is 137 Å². The Morgan fingerprint density at radius 1 is 1.43 bits per heavy atom. The second-order valence-corrected chi connectivity index (χ2v) is 6.84. The van der Waals surface area contributed by atoms with Crippen molar-refractivity contribution < 1.29 is 9.13 Å². The van der Waals surface area contributed by atoms with E-state index < -0.39 is 0 Å². The molecule has 1 heterocycles. The number of halogens is 1. The van der Waals surface area contributed by atoms with Gasteiger partial charge in [0.2, 0.25) is 0 Å². The summed E-state index contributed by atoms with van der Waals surface area (Å²) in [5.74, 6) is 1.23. The molecule has 1 atom stereocenters. The maximum atomic E-state index is 13.2. The van der Waals surface area contributed by atoms with Gasteiger partial charge in [0.15, 0.2) is 5.96 Å². The Morgan fingerprint density at radius 2 is 2.26 bits per heavy atom. The minimum Gasteiger partial charge on any atom is -0.489 e. The van der Waals surface area contributed by atoms with Gasteiger partial charge in [-0.05, 0) is 43.7 Å². The number of ether oxygens (including phenoxy) is 1. The molecule has 1 aliphatic heterocycles. The van der Waals surface area contributed by atoms with Gasteiger partial charge >= 0.3 is 0 Å². The predicted octanol–water partition coefficient (Wildman–Crippen LogP) is 3.04. The molecule has 1 saturated heterocycles. The van der Waals surface area contributed by atoms with Crippen molar-refractivity contribution in [1.29, 1.82) is 0 Å². The topological polar surface area (TPSA) is 36.9 Å². The Morgan fingerprint density at radius 3 is 2.87 bits per heavy atom. The molecule has 1 aliphatic carbocycles. The van der Waals surface area contributed by atoms with Crippen LogP contribution >= 0.6 is 0 Å². The number of likely N-dealkylation sites (tertiary alicyclic amines) is 1. The molecule has 1 spiro atoms. The molecule has 3 rings (SSSR count). The highest BCUT2D eigenvalue weighted by Crippen LogP contribution is 2.47. The fraction of sp³-hybridized carbons (Fsp3) is 0.611. The molecule has 1 aromatic carbocycles. The van der Waals surface area contributed by atoms with Crippen LogP contribution in [0.5, 0.6) is 5.75 Å². The molecule has 0 aromatic heterocycles. The van der Waals surface area contributed by atoms with E-state index in [1.807, 2.05) is 14.0 Å². The van der Waals surface area contributed by atoms with E-state index in [2.05, 4.69) is 15.2 Å². The molecule has 1 saturated carbocycles. The van der Waals surface area contributed by atoms with E-state index in [-0.39, 0.29) is 11.9 Å². The fourth-order valence-electron chi connectivity index (χ4n) is 3.58. The van der Waals surface area contributed by atoms with Crippen molar-refractivity contribution >= 4 is 5.96 Å². The van der Waals surface area contributed by atoms with Crippen LogP contribution < -0.4 is 10.1 Å². The fourth-order valence-corrected chi connectivity index (χ4v) is 3.58. The maximum Gasteiger partial charge on any atom is 0.193 e. The highest BCUT2D eigenvalue weighted by Gasteiger charge is 2.43. The van der Waals surface area contributed by atoms with Crippen LogP contribution in [0.4, 0.5) is 4.39 Å². The van der Waals surface area contributed by atoms with Crippen LogP contribution in [0.3, 0.4) is 0 Å². The van der Waals surface area contributed by atoms with Gasteiger partial charge in [-0.15, -0.1) is 0 Å². The van der Waals surface area contributed by atoms with Crippen LogP contribution in [0.25, 0.3) is 0 Å². The Bertz CT molecular complexity index is 571. The van der Waals surface area contributed by atoms with Crippen LogP contribution in [-0.4, -0.2) is 43.6 Å². The second kappa shape index (κ2) is 6.77. The van der Waals surface area contributed by atoms with Gasteiger partial charge in [0.1, 0.15) is 17.7 Å². The van der Waals surface area contributed by atoms with E-state index in [1.165, 1.54) is 37.8 Å². The summed E-state index contributed by atoms with van der Waals surface area (Å²) < 4.78 is 18.9. The van der Waals surface area contributed by atoms with E-state index >= 15 is 0 Å². The first-order valence-corrected chi connectivity index (χ1v) is 8.48. The standard InChI is InChI=1S/C18H26FN3O/c1-14(23-16-6-3-5-15(19)11-16)12-21-17(20-2)22-10-9-18(13-22)7-4-8-18/h3,5-6,11,14H,4,7-10,12-13H2,1-2H3,(H,20,21). The van der Waals surface area contributed by atoms with Crippen LogP contribution in [-0.2, 0) is 0 Å². The number of aliphatic imine (C=N–C) groups is 1. The summed E-state index contributed by atoms with van der Waals surface area (Å²) in [5, 5.41) is 3.39. The van der Waals surface area contributed by atoms with E-state index in [4.69, 9.17) is 4.74 Å². The molecule has 0 radical (unpaired) electrons. The van der Waals surface area contributed by atoms with Gasteiger partial charge in [0.25, 0.3) is 0 Å². The monoisotopic (exact) mass is 319 g/mol. The number of nitrogens with one attached hydrogen (secondary N) is 1. The second-order valence-electron chi connectivity index (χ2n) is 6.84. The van der Waals surface area contributed by atoms with Crippen molar-refractivity contribution in [2.75, 3.05) is 26.7 Å². The van der Waals surface area contributed by atoms with Crippen molar-refractivity contribution in [2.24, 2.45) is 10.4 Å². The summed E-state index contributed by atoms with van der Waals surface area (Å²) in [4.78, 5) is 6.76. The van der Waals surface area contributed by atoms with E-state index in [1.54, 1.807) is 12.1 Å². The highest BCUT2D eigenvalue weighted by molar-refractivity contribution is 5.80. The third-order valence-electron chi connectivity index (χ3n) is 5.04. The summed E-state index contributed by atoms with van der Waals surface area (Å²) in [6, 6.07) is 6.26. The van der Waals surface area contributed by atoms with Gasteiger partial charge in [-0.25, -0.2) is 4.39 Å². The van der Waals surface area contributed by atoms with Crippen molar-refractivity contribution in [1.82, 2.24) is 10.2 Å². The number of hydrogen-bond donors (Lipinski definition) is 1. The summed E-state index contributed by atoms with van der Waals surface area (Å²) in [6.45, 7) is 4.82. The number of benzene rings is 1. The van der Waals surface area contributed by atoms with Gasteiger partial charge in [-0.2, -0.15) is 0 Å². The molecule has 126 valence electrons. The normalized spacial score (nSPS) is 21.2. The van der Waals surface area contributed by atoms with Gasteiger partial charge in [0.05, 0.1) is 6.54 Å². The summed E-state index contributed by atoms with van der Waals surface area (Å²) in [6.07, 6.45) is 5.31. The zero-order valence-corrected chi connectivity index (χ0v) is 14.0. The molecule has 2 aliphatic rings. The molecule has 1 N–H and O–H groups in total. The van der Waals surface area contributed by atoms with Crippen LogP contribution in [0.15, 0.2) is 29.3 Å². The minimum absolute atomic E-state index is 0.0613. The van der Waals surface area contributed by atoms with E-state index in [0.717, 1.165) is 19.0 Å². The van der Waals surface area contributed by atoms with Gasteiger partial charge in [-0.3, -0.25) is 4.99 Å². The Kier molecular flexibility index (Phi) is 4.74. The molecule has 4 nitrogen and oxygen atoms in total. The van der Waals surface area contributed by atoms with Crippen molar-refractivity contribution in [3.63, 3.8) is 0 Å². The predicted molar refractivity (Wildman–Crippen MR) is 90.3 cm³/mol. The van der Waals surface area contributed by atoms with Gasteiger partial charge in [0, 0.05) is 26.2 Å². The summed E-state index contributed by atoms with van der Waals surface area (Å²) in [7, 11) is 1.83. The number of nitrogens with zero attached hydrogens (tertiary/aromatic N) is 2. The molecule has 0 bridgehead atoms. The number of rotatable bonds is 4. The lowest BCUT2D eigenvalue weighted by atomic mass is 9.68. The quantitative estimate of drug-likeness (QED) is 0.684. The van der Waals surface area contributed by atoms with Crippen molar-refractivity contribution in [3.8, 4) is 5.75 Å². The lowest BCUT2D eigenvalue weighted by Gasteiger charge is -2.38. The number of guanidine groups is 1. The minimum atomic E-state index is -0.277. The van der Waals surface area contributed by atoms with Crippen molar-refractivity contribution in [2.45, 2.75) is 38.7 Å². The first kappa shape index (κ1) is 16.1. The maximum absolute atomic E-state index is 13.2. The lowest BCUT2D eigenvalue weighted by Crippen LogP contribution is -2.45. The summed E-state index contributed by atoms with van der Waals surface area (Å²) >= 11 is 0. The molecular weight excluding hydrogens is 293 g/mol. The van der Waals surface area contributed by atoms with Gasteiger partial charge in [-0.1, -0.05) is 12.5 Å². The Balaban J connectivity index is 1.48. The Hall–Kier alpha value is -1.78. The van der Waals surface area contributed by atoms with E-state index in [0.29, 0.717) is 17.7 Å². The molecule has 1 aromatic rings. The largest absolute Gasteiger partial charge is 0.489 e. The molecule has 1 unspecified atom stereocenters. The smallest absolute Gasteiger partial charge is 0.193 e. The SMILES string of the molecule is CN=C(NCC(C)Oc1cccc(F)c1)N1CCC2(CCC2)C1. The zero-order chi connectivity index (χ0) is 16.3. The average Bonchev–Trinajstić information content (AvgIpc) is 2.93. The van der Waals surface area contributed by atoms with E-state index in [9.17, 15) is 4.39 Å². The molecule has 0 amide bonds. The highest BCUT2D eigenvalue weighted by atomic mass is 19.1. The van der Waals surface area contributed by atoms with Crippen LogP contribution in [0.2, 0.25) is 0 Å². The number of hydrogen-bond acceptors (Lipinski definition) is 2. The molecule has 23 heavy (non-hydrogen) atoms. The average molecular weight is 319 g/mol. The molecular formula is C18H26FN3O. The molecule has 5 heteroatoms. The van der Waals surface area contributed by atoms with Crippen LogP contribution in [0.1, 0.15) is 32.6 Å². The third-order valence-corrected chi connectivity index (χ3v) is 5.04. The van der Waals surface area contributed by atoms with Crippen LogP contribution in [0, 0.1) is 11.2 Å². The first-order chi connectivity index (χ1) is 11.1.